The summed E-state index contributed by atoms with van der Waals surface area (Å²) in [5, 5.41) is 0. The highest BCUT2D eigenvalue weighted by molar-refractivity contribution is 7.00. The molecule has 14 rings (SSSR count). The van der Waals surface area contributed by atoms with E-state index in [0.29, 0.717) is 0 Å². The Morgan fingerprint density at radius 1 is 0.384 bits per heavy atom. The van der Waals surface area contributed by atoms with Gasteiger partial charge in [0.05, 0.1) is 16.9 Å². The Morgan fingerprint density at radius 3 is 1.44 bits per heavy atom. The molecule has 1 saturated carbocycles. The molecular formula is C81H87BN4. The lowest BCUT2D eigenvalue weighted by Crippen LogP contribution is -2.62. The quantitative estimate of drug-likeness (QED) is 0.155. The minimum absolute atomic E-state index is 0.0112. The fraction of sp³-hybridized carbons (Fsp3) is 0.346. The molecule has 0 bridgehead atoms. The van der Waals surface area contributed by atoms with Crippen LogP contribution < -0.4 is 31.1 Å². The van der Waals surface area contributed by atoms with Crippen LogP contribution in [0.25, 0.3) is 33.4 Å². The average Bonchev–Trinajstić information content (AvgIpc) is 1.10. The first-order valence-electron chi connectivity index (χ1n) is 32.1. The number of nitrogens with zero attached hydrogens (tertiary/aromatic N) is 4. The third-order valence-corrected chi connectivity index (χ3v) is 21.6. The molecule has 8 aromatic carbocycles. The van der Waals surface area contributed by atoms with E-state index in [1.165, 1.54) is 141 Å². The maximum absolute atomic E-state index is 4.41. The van der Waals surface area contributed by atoms with Crippen molar-refractivity contribution in [3.05, 3.63) is 216 Å². The molecule has 2 aliphatic carbocycles. The Hall–Kier alpha value is -7.63. The van der Waals surface area contributed by atoms with Gasteiger partial charge in [-0.2, -0.15) is 0 Å². The zero-order valence-corrected chi connectivity index (χ0v) is 53.9. The number of fused-ring (bicyclic) bond motifs is 8. The minimum atomic E-state index is -0.201. The summed E-state index contributed by atoms with van der Waals surface area (Å²) in [6, 6.07) is 67.2. The standard InChI is InChI=1S/C81H87BN4/c1-75(2,3)56-29-34-67(60(45-56)53-24-18-16-19-25-53)84-70-49-59(86-69-33-28-55(52-36-42-83-43-37-52)44-64(69)80(14)38-22-23-39-81(80,86)15)31-32-65(70)82-66-50-62-63(79(12,13)41-40-78(62,10)11)51-71(66)85(73-48-58(77(7,8)9)47-72(84)74(73)82)68-35-30-57(76(4,5)6)46-61(68)54-26-20-17-21-27-54/h16-21,24-37,42-51H,22-23,38-41H2,1-15H3. The Balaban J connectivity index is 1.12. The summed E-state index contributed by atoms with van der Waals surface area (Å²) in [6.07, 6.45) is 10.8. The predicted octanol–water partition coefficient (Wildman–Crippen LogP) is 20.1. The molecule has 0 amide bonds. The fourth-order valence-corrected chi connectivity index (χ4v) is 16.1. The molecule has 0 spiro atoms. The molecule has 0 radical (unpaired) electrons. The lowest BCUT2D eigenvalue weighted by Gasteiger charge is -2.51. The molecule has 4 nitrogen and oxygen atoms in total. The second-order valence-electron chi connectivity index (χ2n) is 31.1. The van der Waals surface area contributed by atoms with Gasteiger partial charge < -0.3 is 14.7 Å². The zero-order valence-electron chi connectivity index (χ0n) is 53.9. The summed E-state index contributed by atoms with van der Waals surface area (Å²) in [4.78, 5) is 12.7. The second kappa shape index (κ2) is 19.4. The number of aromatic nitrogens is 1. The normalized spacial score (nSPS) is 19.9. The van der Waals surface area contributed by atoms with Crippen molar-refractivity contribution >= 4 is 68.6 Å². The number of benzene rings is 8. The van der Waals surface area contributed by atoms with Crippen LogP contribution in [0.1, 0.15) is 176 Å². The molecule has 2 atom stereocenters. The summed E-state index contributed by atoms with van der Waals surface area (Å²) >= 11 is 0. The maximum atomic E-state index is 4.41. The van der Waals surface area contributed by atoms with E-state index in [-0.39, 0.29) is 44.7 Å². The van der Waals surface area contributed by atoms with Gasteiger partial charge in [-0.05, 0) is 211 Å². The lowest BCUT2D eigenvalue weighted by atomic mass is 9.33. The lowest BCUT2D eigenvalue weighted by molar-refractivity contribution is 0.195. The van der Waals surface area contributed by atoms with Gasteiger partial charge in [-0.15, -0.1) is 0 Å². The van der Waals surface area contributed by atoms with Crippen LogP contribution in [0.3, 0.4) is 0 Å². The van der Waals surface area contributed by atoms with Gasteiger partial charge in [0.1, 0.15) is 0 Å². The van der Waals surface area contributed by atoms with E-state index in [2.05, 4.69) is 293 Å². The molecule has 3 aliphatic heterocycles. The second-order valence-corrected chi connectivity index (χ2v) is 31.1. The molecule has 4 heterocycles. The van der Waals surface area contributed by atoms with Crippen molar-refractivity contribution in [3.8, 4) is 33.4 Å². The Bertz CT molecular complexity index is 4170. The Labute approximate surface area is 514 Å². The van der Waals surface area contributed by atoms with E-state index in [0.717, 1.165) is 25.7 Å². The van der Waals surface area contributed by atoms with E-state index in [1.807, 2.05) is 12.4 Å². The largest absolute Gasteiger partial charge is 0.334 e. The van der Waals surface area contributed by atoms with Crippen molar-refractivity contribution in [2.75, 3.05) is 14.7 Å². The van der Waals surface area contributed by atoms with E-state index in [9.17, 15) is 0 Å². The molecule has 0 saturated heterocycles. The summed E-state index contributed by atoms with van der Waals surface area (Å²) < 4.78 is 0. The van der Waals surface area contributed by atoms with Crippen molar-refractivity contribution in [2.24, 2.45) is 0 Å². The van der Waals surface area contributed by atoms with E-state index in [4.69, 9.17) is 0 Å². The molecule has 1 aromatic heterocycles. The van der Waals surface area contributed by atoms with E-state index < -0.39 is 0 Å². The molecule has 1 fully saturated rings. The van der Waals surface area contributed by atoms with Crippen molar-refractivity contribution < 1.29 is 0 Å². The zero-order chi connectivity index (χ0) is 60.3. The van der Waals surface area contributed by atoms with Crippen LogP contribution in [0, 0.1) is 0 Å². The minimum Gasteiger partial charge on any atom is -0.334 e. The van der Waals surface area contributed by atoms with Crippen molar-refractivity contribution in [1.29, 1.82) is 0 Å². The average molecular weight is 1130 g/mol. The van der Waals surface area contributed by atoms with Crippen LogP contribution in [-0.4, -0.2) is 17.2 Å². The molecule has 0 N–H and O–H groups in total. The van der Waals surface area contributed by atoms with Crippen molar-refractivity contribution in [2.45, 2.75) is 180 Å². The predicted molar refractivity (Wildman–Crippen MR) is 369 cm³/mol. The fourth-order valence-electron chi connectivity index (χ4n) is 16.1. The van der Waals surface area contributed by atoms with Gasteiger partial charge >= 0.3 is 0 Å². The van der Waals surface area contributed by atoms with Gasteiger partial charge in [0.15, 0.2) is 0 Å². The highest BCUT2D eigenvalue weighted by atomic mass is 15.3. The highest BCUT2D eigenvalue weighted by Crippen LogP contribution is 2.62. The summed E-state index contributed by atoms with van der Waals surface area (Å²) in [6.45, 7) is 36.4. The first-order chi connectivity index (χ1) is 40.8. The van der Waals surface area contributed by atoms with Gasteiger partial charge in [0.2, 0.25) is 0 Å². The number of pyridine rings is 1. The van der Waals surface area contributed by atoms with Gasteiger partial charge in [0.25, 0.3) is 6.71 Å². The van der Waals surface area contributed by atoms with Crippen LogP contribution in [0.2, 0.25) is 0 Å². The summed E-state index contributed by atoms with van der Waals surface area (Å²) in [5.74, 6) is 0. The maximum Gasteiger partial charge on any atom is 0.252 e. The molecule has 2 unspecified atom stereocenters. The van der Waals surface area contributed by atoms with Crippen molar-refractivity contribution in [1.82, 2.24) is 4.98 Å². The summed E-state index contributed by atoms with van der Waals surface area (Å²) in [5.41, 5.74) is 29.3. The smallest absolute Gasteiger partial charge is 0.252 e. The van der Waals surface area contributed by atoms with Crippen LogP contribution >= 0.6 is 0 Å². The van der Waals surface area contributed by atoms with Gasteiger partial charge in [-0.1, -0.05) is 201 Å². The molecular weight excluding hydrogens is 1040 g/mol. The number of rotatable bonds is 6. The van der Waals surface area contributed by atoms with Gasteiger partial charge in [0, 0.05) is 63.1 Å². The number of anilines is 8. The van der Waals surface area contributed by atoms with Crippen LogP contribution in [-0.2, 0) is 32.5 Å². The van der Waals surface area contributed by atoms with Crippen molar-refractivity contribution in [3.63, 3.8) is 0 Å². The van der Waals surface area contributed by atoms with Gasteiger partial charge in [-0.25, -0.2) is 0 Å². The molecule has 434 valence electrons. The Kier molecular flexibility index (Phi) is 12.7. The van der Waals surface area contributed by atoms with Crippen LogP contribution in [0.15, 0.2) is 182 Å². The molecule has 5 aliphatic rings. The molecule has 5 heteroatoms. The summed E-state index contributed by atoms with van der Waals surface area (Å²) in [7, 11) is 0. The molecule has 9 aromatic rings. The van der Waals surface area contributed by atoms with E-state index >= 15 is 0 Å². The number of hydrogen-bond donors (Lipinski definition) is 0. The van der Waals surface area contributed by atoms with Crippen LogP contribution in [0.5, 0.6) is 0 Å². The third-order valence-electron chi connectivity index (χ3n) is 21.6. The monoisotopic (exact) mass is 1130 g/mol. The first kappa shape index (κ1) is 56.2. The number of hydrogen-bond acceptors (Lipinski definition) is 4. The van der Waals surface area contributed by atoms with Crippen LogP contribution in [0.4, 0.5) is 45.5 Å². The topological polar surface area (TPSA) is 22.6 Å². The molecule has 86 heavy (non-hydrogen) atoms. The van der Waals surface area contributed by atoms with E-state index in [1.54, 1.807) is 0 Å². The SMILES string of the molecule is CC(C)(C)c1ccc(N2c3cc(N4c5ccc(-c6ccncc6)cc5C5(C)CCCCC45C)ccc3B3c4cc5c(cc4N(c4ccc(C(C)(C)C)cc4-c4ccccc4)c4cc(C(C)(C)C)cc2c43)C(C)(C)CCC5(C)C)c(-c2ccccc2)c1. The highest BCUT2D eigenvalue weighted by Gasteiger charge is 2.58. The Morgan fingerprint density at radius 2 is 0.895 bits per heavy atom. The first-order valence-corrected chi connectivity index (χ1v) is 32.1. The third kappa shape index (κ3) is 8.70. The van der Waals surface area contributed by atoms with Gasteiger partial charge in [-0.3, -0.25) is 4.98 Å².